The molecule has 44 heavy (non-hydrogen) atoms. The molecule has 1 heterocycles. The summed E-state index contributed by atoms with van der Waals surface area (Å²) >= 11 is 0. The summed E-state index contributed by atoms with van der Waals surface area (Å²) in [6, 6.07) is 17.0. The van der Waals surface area contributed by atoms with Gasteiger partial charge in [-0.1, -0.05) is 56.5 Å². The Labute approximate surface area is 261 Å². The van der Waals surface area contributed by atoms with Crippen LogP contribution in [0.4, 0.5) is 0 Å². The van der Waals surface area contributed by atoms with Crippen LogP contribution in [0.5, 0.6) is 11.5 Å². The number of benzene rings is 2. The van der Waals surface area contributed by atoms with Gasteiger partial charge >= 0.3 is 11.9 Å². The first-order valence-corrected chi connectivity index (χ1v) is 15.7. The van der Waals surface area contributed by atoms with Gasteiger partial charge in [0.05, 0.1) is 25.9 Å². The molecule has 240 valence electrons. The van der Waals surface area contributed by atoms with Gasteiger partial charge in [-0.2, -0.15) is 0 Å². The monoisotopic (exact) mass is 608 g/mol. The summed E-state index contributed by atoms with van der Waals surface area (Å²) in [4.78, 5) is 30.9. The van der Waals surface area contributed by atoms with Crippen LogP contribution in [0.1, 0.15) is 70.8 Å². The first kappa shape index (κ1) is 34.8. The van der Waals surface area contributed by atoms with Crippen LogP contribution in [0.3, 0.4) is 0 Å². The lowest BCUT2D eigenvalue weighted by Crippen LogP contribution is -2.36. The maximum atomic E-state index is 13.5. The molecule has 0 aromatic heterocycles. The average molecular weight is 609 g/mol. The lowest BCUT2D eigenvalue weighted by molar-refractivity contribution is -0.144. The Morgan fingerprint density at radius 2 is 1.68 bits per heavy atom. The normalized spacial score (nSPS) is 17.1. The van der Waals surface area contributed by atoms with Crippen LogP contribution in [0.15, 0.2) is 70.9 Å². The minimum absolute atomic E-state index is 0.239. The van der Waals surface area contributed by atoms with E-state index in [1.54, 1.807) is 13.8 Å². The van der Waals surface area contributed by atoms with E-state index < -0.39 is 29.9 Å². The van der Waals surface area contributed by atoms with Gasteiger partial charge in [-0.15, -0.1) is 0 Å². The molecule has 2 aromatic carbocycles. The molecular formula is C35H48N2O7. The number of rotatable bonds is 19. The van der Waals surface area contributed by atoms with Crippen molar-refractivity contribution in [3.8, 4) is 11.5 Å². The second-order valence-corrected chi connectivity index (χ2v) is 11.0. The van der Waals surface area contributed by atoms with Crippen LogP contribution in [0.25, 0.3) is 0 Å². The van der Waals surface area contributed by atoms with Crippen molar-refractivity contribution in [2.75, 3.05) is 40.0 Å². The van der Waals surface area contributed by atoms with Gasteiger partial charge < -0.3 is 29.4 Å². The fraction of sp³-hybridized carbons (Fsp3) is 0.514. The number of nitrogens with zero attached hydrogens (tertiary/aromatic N) is 1. The number of aliphatic imine (C=N–C) groups is 1. The number of aliphatic hydroxyl groups is 1. The minimum Gasteiger partial charge on any atom is -0.494 e. The summed E-state index contributed by atoms with van der Waals surface area (Å²) in [7, 11) is 1.35. The molecule has 0 saturated heterocycles. The molecule has 2 N–H and O–H groups in total. The topological polar surface area (TPSA) is 116 Å². The largest absolute Gasteiger partial charge is 0.494 e. The highest BCUT2D eigenvalue weighted by Gasteiger charge is 2.42. The highest BCUT2D eigenvalue weighted by molar-refractivity contribution is 6.07. The summed E-state index contributed by atoms with van der Waals surface area (Å²) < 4.78 is 22.3. The molecule has 1 aliphatic heterocycles. The standard InChI is InChI=1S/C35H48N2O7/c1-5-6-20-42-30-18-14-15-27(22-30)33-31(34(39)41-4)25(2)37-26(3)32(33)35(40)43-21-13-8-7-12-19-36-23-28(38)24-44-29-16-10-9-11-17-29/h9-11,14-18,22,28,31,33,36,38H,5-8,12-13,19-21,23-24H2,1-4H3. The van der Waals surface area contributed by atoms with E-state index in [1.807, 2.05) is 54.6 Å². The van der Waals surface area contributed by atoms with Gasteiger partial charge in [0.1, 0.15) is 30.1 Å². The van der Waals surface area contributed by atoms with Gasteiger partial charge in [-0.3, -0.25) is 9.79 Å². The zero-order valence-electron chi connectivity index (χ0n) is 26.6. The van der Waals surface area contributed by atoms with Crippen LogP contribution < -0.4 is 14.8 Å². The summed E-state index contributed by atoms with van der Waals surface area (Å²) in [5.74, 6) is -0.825. The van der Waals surface area contributed by atoms with Gasteiger partial charge in [-0.05, 0) is 69.5 Å². The van der Waals surface area contributed by atoms with Gasteiger partial charge in [0.15, 0.2) is 0 Å². The fourth-order valence-electron chi connectivity index (χ4n) is 5.21. The Morgan fingerprint density at radius 1 is 0.932 bits per heavy atom. The third-order valence-corrected chi connectivity index (χ3v) is 7.53. The summed E-state index contributed by atoms with van der Waals surface area (Å²) in [6.07, 6.45) is 4.90. The number of ether oxygens (including phenoxy) is 4. The highest BCUT2D eigenvalue weighted by atomic mass is 16.5. The number of hydrogen-bond acceptors (Lipinski definition) is 9. The van der Waals surface area contributed by atoms with Crippen LogP contribution in [-0.4, -0.2) is 68.9 Å². The fourth-order valence-corrected chi connectivity index (χ4v) is 5.21. The molecule has 9 heteroatoms. The van der Waals surface area contributed by atoms with Crippen LogP contribution in [0.2, 0.25) is 0 Å². The highest BCUT2D eigenvalue weighted by Crippen LogP contribution is 2.41. The molecule has 0 fully saturated rings. The Balaban J connectivity index is 1.48. The van der Waals surface area contributed by atoms with Gasteiger partial charge in [0.25, 0.3) is 0 Å². The van der Waals surface area contributed by atoms with E-state index in [0.29, 0.717) is 35.9 Å². The van der Waals surface area contributed by atoms with E-state index in [0.717, 1.165) is 56.4 Å². The number of carbonyl (C=O) groups excluding carboxylic acids is 2. The SMILES string of the molecule is CCCCOc1cccc(C2C(C(=O)OCCCCCCNCC(O)COc3ccccc3)=C(C)N=C(C)C2C(=O)OC)c1. The zero-order chi connectivity index (χ0) is 31.7. The van der Waals surface area contributed by atoms with Gasteiger partial charge in [0.2, 0.25) is 0 Å². The molecule has 1 aliphatic rings. The third-order valence-electron chi connectivity index (χ3n) is 7.53. The number of allylic oxidation sites excluding steroid dienone is 1. The Kier molecular flexibility index (Phi) is 14.9. The van der Waals surface area contributed by atoms with Crippen LogP contribution in [0, 0.1) is 5.92 Å². The van der Waals surface area contributed by atoms with E-state index in [2.05, 4.69) is 17.2 Å². The van der Waals surface area contributed by atoms with Crippen molar-refractivity contribution in [1.29, 1.82) is 0 Å². The number of methoxy groups -OCH3 is 1. The molecule has 0 saturated carbocycles. The van der Waals surface area contributed by atoms with Crippen molar-refractivity contribution >= 4 is 17.7 Å². The number of hydrogen-bond donors (Lipinski definition) is 2. The number of para-hydroxylation sites is 1. The summed E-state index contributed by atoms with van der Waals surface area (Å²) in [5, 5.41) is 13.4. The number of esters is 2. The maximum absolute atomic E-state index is 13.5. The molecule has 9 nitrogen and oxygen atoms in total. The first-order valence-electron chi connectivity index (χ1n) is 15.7. The molecule has 3 unspecified atom stereocenters. The first-order chi connectivity index (χ1) is 21.3. The predicted molar refractivity (Wildman–Crippen MR) is 171 cm³/mol. The maximum Gasteiger partial charge on any atom is 0.336 e. The number of aliphatic hydroxyl groups excluding tert-OH is 1. The van der Waals surface area contributed by atoms with Crippen molar-refractivity contribution in [2.24, 2.45) is 10.9 Å². The van der Waals surface area contributed by atoms with E-state index in [9.17, 15) is 14.7 Å². The van der Waals surface area contributed by atoms with E-state index in [1.165, 1.54) is 7.11 Å². The Bertz CT molecular complexity index is 1240. The Hall–Kier alpha value is -3.69. The zero-order valence-corrected chi connectivity index (χ0v) is 26.6. The van der Waals surface area contributed by atoms with E-state index in [-0.39, 0.29) is 13.2 Å². The van der Waals surface area contributed by atoms with E-state index >= 15 is 0 Å². The molecule has 2 aromatic rings. The average Bonchev–Trinajstić information content (AvgIpc) is 3.03. The smallest absolute Gasteiger partial charge is 0.336 e. The van der Waals surface area contributed by atoms with Crippen molar-refractivity contribution in [3.05, 3.63) is 71.4 Å². The number of carbonyl (C=O) groups is 2. The van der Waals surface area contributed by atoms with Crippen molar-refractivity contribution < 1.29 is 33.6 Å². The number of nitrogens with one attached hydrogen (secondary N) is 1. The van der Waals surface area contributed by atoms with Gasteiger partial charge in [0, 0.05) is 23.9 Å². The van der Waals surface area contributed by atoms with Crippen LogP contribution >= 0.6 is 0 Å². The third kappa shape index (κ3) is 10.8. The molecule has 3 atom stereocenters. The van der Waals surface area contributed by atoms with Crippen molar-refractivity contribution in [3.63, 3.8) is 0 Å². The second-order valence-electron chi connectivity index (χ2n) is 11.0. The lowest BCUT2D eigenvalue weighted by Gasteiger charge is -2.31. The molecule has 0 spiro atoms. The minimum atomic E-state index is -0.743. The van der Waals surface area contributed by atoms with Crippen LogP contribution in [-0.2, 0) is 19.1 Å². The summed E-state index contributed by atoms with van der Waals surface area (Å²) in [5.41, 5.74) is 2.28. The molecular weight excluding hydrogens is 560 g/mol. The summed E-state index contributed by atoms with van der Waals surface area (Å²) in [6.45, 7) is 8.02. The van der Waals surface area contributed by atoms with Crippen molar-refractivity contribution in [1.82, 2.24) is 5.32 Å². The Morgan fingerprint density at radius 3 is 2.43 bits per heavy atom. The predicted octanol–water partition coefficient (Wildman–Crippen LogP) is 5.62. The van der Waals surface area contributed by atoms with Crippen molar-refractivity contribution in [2.45, 2.75) is 71.3 Å². The molecule has 0 bridgehead atoms. The second kappa shape index (κ2) is 18.9. The molecule has 3 rings (SSSR count). The quantitative estimate of drug-likeness (QED) is 0.156. The number of unbranched alkanes of at least 4 members (excludes halogenated alkanes) is 4. The van der Waals surface area contributed by atoms with Gasteiger partial charge in [-0.25, -0.2) is 4.79 Å². The van der Waals surface area contributed by atoms with E-state index in [4.69, 9.17) is 18.9 Å². The molecule has 0 amide bonds. The lowest BCUT2D eigenvalue weighted by atomic mass is 9.75. The molecule has 0 aliphatic carbocycles. The molecule has 0 radical (unpaired) electrons.